The number of aryl methyl sites for hydroxylation is 1. The predicted molar refractivity (Wildman–Crippen MR) is 97.3 cm³/mol. The van der Waals surface area contributed by atoms with Crippen molar-refractivity contribution < 1.29 is 4.79 Å². The summed E-state index contributed by atoms with van der Waals surface area (Å²) in [6.45, 7) is 4.95. The number of primary amides is 1. The summed E-state index contributed by atoms with van der Waals surface area (Å²) in [6.07, 6.45) is 6.31. The van der Waals surface area contributed by atoms with Crippen molar-refractivity contribution in [3.8, 4) is 10.4 Å². The van der Waals surface area contributed by atoms with Crippen molar-refractivity contribution in [2.45, 2.75) is 39.7 Å². The van der Waals surface area contributed by atoms with Gasteiger partial charge in [-0.1, -0.05) is 19.4 Å². The molecule has 0 spiro atoms. The molecule has 0 aliphatic heterocycles. The zero-order chi connectivity index (χ0) is 17.1. The first-order valence-electron chi connectivity index (χ1n) is 8.16. The van der Waals surface area contributed by atoms with Gasteiger partial charge in [0.15, 0.2) is 0 Å². The van der Waals surface area contributed by atoms with Gasteiger partial charge in [0.25, 0.3) is 5.91 Å². The number of hydrogen-bond donors (Lipinski definition) is 2. The van der Waals surface area contributed by atoms with E-state index in [1.807, 2.05) is 24.6 Å². The monoisotopic (exact) mass is 342 g/mol. The van der Waals surface area contributed by atoms with Crippen LogP contribution in [0.25, 0.3) is 10.4 Å². The summed E-state index contributed by atoms with van der Waals surface area (Å²) in [4.78, 5) is 20.5. The third-order valence-corrected chi connectivity index (χ3v) is 5.18. The number of carbonyl (C=O) groups excluding carboxylic acids is 1. The van der Waals surface area contributed by atoms with Gasteiger partial charge in [0.1, 0.15) is 0 Å². The first kappa shape index (κ1) is 16.5. The molecule has 0 bridgehead atoms. The van der Waals surface area contributed by atoms with Crippen molar-refractivity contribution in [2.75, 3.05) is 0 Å². The highest BCUT2D eigenvalue weighted by Crippen LogP contribution is 2.36. The molecule has 0 aliphatic carbocycles. The van der Waals surface area contributed by atoms with Crippen LogP contribution in [-0.2, 0) is 19.4 Å². The van der Waals surface area contributed by atoms with E-state index in [1.165, 1.54) is 5.69 Å². The van der Waals surface area contributed by atoms with Gasteiger partial charge in [-0.25, -0.2) is 4.98 Å². The SMILES string of the molecule is CCCc1c(-c2cccs2)c(C(N)=O)c(C)n1CCc1cnc[nH]1. The maximum absolute atomic E-state index is 12.1. The molecule has 0 fully saturated rings. The average Bonchev–Trinajstić information content (AvgIpc) is 3.26. The molecule has 1 amide bonds. The third kappa shape index (κ3) is 3.01. The number of amides is 1. The fraction of sp³-hybridized carbons (Fsp3) is 0.333. The molecule has 5 nitrogen and oxygen atoms in total. The standard InChI is InChI=1S/C18H22N4OS/c1-3-5-14-17(15-6-4-9-24-15)16(18(19)23)12(2)22(14)8-7-13-10-20-11-21-13/h4,6,9-11H,3,5,7-8H2,1-2H3,(H2,19,23)(H,20,21). The van der Waals surface area contributed by atoms with Crippen LogP contribution in [0.15, 0.2) is 30.0 Å². The number of hydrogen-bond acceptors (Lipinski definition) is 3. The largest absolute Gasteiger partial charge is 0.366 e. The molecule has 0 saturated heterocycles. The van der Waals surface area contributed by atoms with Gasteiger partial charge in [-0.2, -0.15) is 0 Å². The number of nitrogens with two attached hydrogens (primary N) is 1. The van der Waals surface area contributed by atoms with E-state index in [1.54, 1.807) is 17.7 Å². The molecule has 3 rings (SSSR count). The Bertz CT molecular complexity index is 816. The lowest BCUT2D eigenvalue weighted by molar-refractivity contribution is 0.1000. The fourth-order valence-corrected chi connectivity index (χ4v) is 4.04. The van der Waals surface area contributed by atoms with Crippen LogP contribution in [0.4, 0.5) is 0 Å². The van der Waals surface area contributed by atoms with E-state index in [0.717, 1.165) is 47.6 Å². The smallest absolute Gasteiger partial charge is 0.251 e. The van der Waals surface area contributed by atoms with Crippen LogP contribution in [-0.4, -0.2) is 20.4 Å². The second-order valence-electron chi connectivity index (χ2n) is 5.85. The lowest BCUT2D eigenvalue weighted by atomic mass is 10.0. The molecule has 0 aliphatic rings. The highest BCUT2D eigenvalue weighted by molar-refractivity contribution is 7.13. The van der Waals surface area contributed by atoms with E-state index in [2.05, 4.69) is 27.5 Å². The predicted octanol–water partition coefficient (Wildman–Crippen LogP) is 3.54. The van der Waals surface area contributed by atoms with Gasteiger partial charge in [-0.05, 0) is 24.8 Å². The summed E-state index contributed by atoms with van der Waals surface area (Å²) in [5, 5.41) is 2.03. The topological polar surface area (TPSA) is 76.7 Å². The molecule has 6 heteroatoms. The first-order valence-corrected chi connectivity index (χ1v) is 9.04. The van der Waals surface area contributed by atoms with Crippen LogP contribution in [0, 0.1) is 6.92 Å². The second-order valence-corrected chi connectivity index (χ2v) is 6.80. The quantitative estimate of drug-likeness (QED) is 0.689. The van der Waals surface area contributed by atoms with Crippen molar-refractivity contribution in [2.24, 2.45) is 5.73 Å². The zero-order valence-corrected chi connectivity index (χ0v) is 14.8. The number of aromatic amines is 1. The Balaban J connectivity index is 2.09. The molecular formula is C18H22N4OS. The zero-order valence-electron chi connectivity index (χ0n) is 14.0. The van der Waals surface area contributed by atoms with E-state index in [0.29, 0.717) is 5.56 Å². The van der Waals surface area contributed by atoms with Gasteiger partial charge in [-0.3, -0.25) is 4.79 Å². The van der Waals surface area contributed by atoms with Gasteiger partial charge >= 0.3 is 0 Å². The molecule has 0 unspecified atom stereocenters. The van der Waals surface area contributed by atoms with Crippen LogP contribution >= 0.6 is 11.3 Å². The molecule has 24 heavy (non-hydrogen) atoms. The second kappa shape index (κ2) is 7.05. The Morgan fingerprint density at radius 3 is 2.83 bits per heavy atom. The number of carbonyl (C=O) groups is 1. The van der Waals surface area contributed by atoms with Crippen molar-refractivity contribution in [1.29, 1.82) is 0 Å². The van der Waals surface area contributed by atoms with Crippen LogP contribution < -0.4 is 5.73 Å². The van der Waals surface area contributed by atoms with E-state index in [4.69, 9.17) is 5.73 Å². The number of aromatic nitrogens is 3. The van der Waals surface area contributed by atoms with Crippen LogP contribution in [0.5, 0.6) is 0 Å². The number of thiophene rings is 1. The summed E-state index contributed by atoms with van der Waals surface area (Å²) in [7, 11) is 0. The van der Waals surface area contributed by atoms with Crippen LogP contribution in [0.1, 0.15) is 40.8 Å². The summed E-state index contributed by atoms with van der Waals surface area (Å²) < 4.78 is 2.25. The number of nitrogens with zero attached hydrogens (tertiary/aromatic N) is 2. The van der Waals surface area contributed by atoms with Crippen molar-refractivity contribution >= 4 is 17.2 Å². The number of rotatable bonds is 7. The Morgan fingerprint density at radius 2 is 2.25 bits per heavy atom. The highest BCUT2D eigenvalue weighted by Gasteiger charge is 2.24. The maximum Gasteiger partial charge on any atom is 0.251 e. The summed E-state index contributed by atoms with van der Waals surface area (Å²) in [5.74, 6) is -0.353. The van der Waals surface area contributed by atoms with Gasteiger partial charge in [-0.15, -0.1) is 11.3 Å². The Morgan fingerprint density at radius 1 is 1.42 bits per heavy atom. The molecule has 3 aromatic heterocycles. The van der Waals surface area contributed by atoms with E-state index in [9.17, 15) is 4.79 Å². The minimum atomic E-state index is -0.353. The van der Waals surface area contributed by atoms with Gasteiger partial charge in [0, 0.05) is 46.7 Å². The number of H-pyrrole nitrogens is 1. The van der Waals surface area contributed by atoms with Crippen molar-refractivity contribution in [3.63, 3.8) is 0 Å². The van der Waals surface area contributed by atoms with E-state index < -0.39 is 0 Å². The lowest BCUT2D eigenvalue weighted by Crippen LogP contribution is -2.13. The Kier molecular flexibility index (Phi) is 4.85. The Hall–Kier alpha value is -2.34. The van der Waals surface area contributed by atoms with Crippen LogP contribution in [0.3, 0.4) is 0 Å². The van der Waals surface area contributed by atoms with Crippen LogP contribution in [0.2, 0.25) is 0 Å². The van der Waals surface area contributed by atoms with E-state index in [-0.39, 0.29) is 5.91 Å². The number of nitrogens with one attached hydrogen (secondary N) is 1. The average molecular weight is 342 g/mol. The number of imidazole rings is 1. The van der Waals surface area contributed by atoms with Gasteiger partial charge < -0.3 is 15.3 Å². The molecular weight excluding hydrogens is 320 g/mol. The van der Waals surface area contributed by atoms with Crippen molar-refractivity contribution in [1.82, 2.24) is 14.5 Å². The van der Waals surface area contributed by atoms with Gasteiger partial charge in [0.05, 0.1) is 11.9 Å². The summed E-state index contributed by atoms with van der Waals surface area (Å²) >= 11 is 1.65. The normalized spacial score (nSPS) is 11.1. The lowest BCUT2D eigenvalue weighted by Gasteiger charge is -2.12. The summed E-state index contributed by atoms with van der Waals surface area (Å²) in [5.41, 5.74) is 10.6. The fourth-order valence-electron chi connectivity index (χ4n) is 3.24. The molecule has 126 valence electrons. The van der Waals surface area contributed by atoms with Gasteiger partial charge in [0.2, 0.25) is 0 Å². The molecule has 0 saturated carbocycles. The molecule has 3 N–H and O–H groups in total. The molecule has 0 radical (unpaired) electrons. The minimum absolute atomic E-state index is 0.353. The first-order chi connectivity index (χ1) is 11.6. The summed E-state index contributed by atoms with van der Waals surface area (Å²) in [6, 6.07) is 4.07. The molecule has 0 atom stereocenters. The Labute approximate surface area is 145 Å². The van der Waals surface area contributed by atoms with E-state index >= 15 is 0 Å². The van der Waals surface area contributed by atoms with Crippen molar-refractivity contribution in [3.05, 3.63) is 52.7 Å². The highest BCUT2D eigenvalue weighted by atomic mass is 32.1. The molecule has 3 heterocycles. The minimum Gasteiger partial charge on any atom is -0.366 e. The third-order valence-electron chi connectivity index (χ3n) is 4.29. The maximum atomic E-state index is 12.1. The molecule has 3 aromatic rings. The molecule has 0 aromatic carbocycles.